The number of rotatable bonds is 5. The van der Waals surface area contributed by atoms with Crippen molar-refractivity contribution in [3.63, 3.8) is 0 Å². The molecular formula is C15H14BNS. The summed E-state index contributed by atoms with van der Waals surface area (Å²) in [6.45, 7) is 4.80. The maximum atomic E-state index is 5.87. The van der Waals surface area contributed by atoms with Gasteiger partial charge < -0.3 is 0 Å². The van der Waals surface area contributed by atoms with Gasteiger partial charge in [-0.3, -0.25) is 4.72 Å². The topological polar surface area (TPSA) is 12.0 Å². The van der Waals surface area contributed by atoms with E-state index in [2.05, 4.69) is 23.4 Å². The van der Waals surface area contributed by atoms with Crippen molar-refractivity contribution in [1.29, 1.82) is 0 Å². The number of benzene rings is 2. The minimum Gasteiger partial charge on any atom is -0.255 e. The van der Waals surface area contributed by atoms with Crippen molar-refractivity contribution in [2.75, 3.05) is 6.54 Å². The van der Waals surface area contributed by atoms with Crippen molar-refractivity contribution >= 4 is 30.8 Å². The van der Waals surface area contributed by atoms with E-state index in [-0.39, 0.29) is 0 Å². The summed E-state index contributed by atoms with van der Waals surface area (Å²) in [5.41, 5.74) is 3.02. The zero-order chi connectivity index (χ0) is 12.8. The first-order chi connectivity index (χ1) is 8.77. The predicted molar refractivity (Wildman–Crippen MR) is 81.2 cm³/mol. The van der Waals surface area contributed by atoms with Crippen LogP contribution in [-0.2, 0) is 0 Å². The average molecular weight is 251 g/mol. The van der Waals surface area contributed by atoms with E-state index in [1.807, 2.05) is 42.5 Å². The van der Waals surface area contributed by atoms with Crippen LogP contribution in [-0.4, -0.2) is 14.4 Å². The van der Waals surface area contributed by atoms with Crippen LogP contribution in [0.25, 0.3) is 5.57 Å². The van der Waals surface area contributed by atoms with Crippen LogP contribution in [0.3, 0.4) is 0 Å². The van der Waals surface area contributed by atoms with E-state index in [4.69, 9.17) is 7.85 Å². The van der Waals surface area contributed by atoms with E-state index in [0.29, 0.717) is 0 Å². The SMILES string of the molecule is [B]c1ccccc1SNCC(=C)c1ccccc1. The Kier molecular flexibility index (Phi) is 4.68. The van der Waals surface area contributed by atoms with Gasteiger partial charge >= 0.3 is 0 Å². The molecule has 1 N–H and O–H groups in total. The molecule has 2 aromatic rings. The van der Waals surface area contributed by atoms with Gasteiger partial charge in [0, 0.05) is 11.4 Å². The Balaban J connectivity index is 1.86. The highest BCUT2D eigenvalue weighted by molar-refractivity contribution is 7.97. The van der Waals surface area contributed by atoms with Gasteiger partial charge in [-0.05, 0) is 29.2 Å². The van der Waals surface area contributed by atoms with Gasteiger partial charge in [0.05, 0.1) is 0 Å². The molecule has 0 amide bonds. The monoisotopic (exact) mass is 251 g/mol. The Labute approximate surface area is 114 Å². The van der Waals surface area contributed by atoms with Gasteiger partial charge in [-0.15, -0.1) is 0 Å². The Morgan fingerprint density at radius 1 is 1.06 bits per heavy atom. The van der Waals surface area contributed by atoms with Crippen LogP contribution in [0, 0.1) is 0 Å². The Morgan fingerprint density at radius 2 is 1.72 bits per heavy atom. The van der Waals surface area contributed by atoms with Crippen molar-refractivity contribution < 1.29 is 0 Å². The highest BCUT2D eigenvalue weighted by Crippen LogP contribution is 2.14. The summed E-state index contributed by atoms with van der Waals surface area (Å²) in [5, 5.41) is 0. The van der Waals surface area contributed by atoms with Crippen molar-refractivity contribution in [2.45, 2.75) is 4.90 Å². The van der Waals surface area contributed by atoms with Crippen LogP contribution in [0.4, 0.5) is 0 Å². The van der Waals surface area contributed by atoms with Gasteiger partial charge in [-0.1, -0.05) is 60.6 Å². The van der Waals surface area contributed by atoms with Crippen LogP contribution in [0.5, 0.6) is 0 Å². The van der Waals surface area contributed by atoms with Gasteiger partial charge in [-0.25, -0.2) is 0 Å². The largest absolute Gasteiger partial charge is 0.255 e. The Hall–Kier alpha value is -1.45. The fraction of sp³-hybridized carbons (Fsp3) is 0.0667. The van der Waals surface area contributed by atoms with Gasteiger partial charge in [0.1, 0.15) is 7.85 Å². The standard InChI is InChI=1S/C15H14BNS/c1-12(13-7-3-2-4-8-13)11-17-18-15-10-6-5-9-14(15)16/h2-10,17H,1,11H2. The molecule has 0 saturated heterocycles. The number of hydrogen-bond donors (Lipinski definition) is 1. The first kappa shape index (κ1) is 13.0. The van der Waals surface area contributed by atoms with E-state index < -0.39 is 0 Å². The molecule has 0 saturated carbocycles. The summed E-state index contributed by atoms with van der Waals surface area (Å²) in [6, 6.07) is 18.0. The summed E-state index contributed by atoms with van der Waals surface area (Å²) >= 11 is 1.53. The zero-order valence-corrected chi connectivity index (χ0v) is 10.9. The van der Waals surface area contributed by atoms with Gasteiger partial charge in [0.15, 0.2) is 0 Å². The van der Waals surface area contributed by atoms with E-state index in [1.165, 1.54) is 11.9 Å². The highest BCUT2D eigenvalue weighted by Gasteiger charge is 2.00. The molecule has 2 radical (unpaired) electrons. The summed E-state index contributed by atoms with van der Waals surface area (Å²) in [5.74, 6) is 0. The first-order valence-electron chi connectivity index (χ1n) is 5.75. The Bertz CT molecular complexity index is 525. The molecule has 0 atom stereocenters. The maximum absolute atomic E-state index is 5.87. The van der Waals surface area contributed by atoms with Gasteiger partial charge in [0.2, 0.25) is 0 Å². The van der Waals surface area contributed by atoms with Crippen molar-refractivity contribution in [2.24, 2.45) is 0 Å². The van der Waals surface area contributed by atoms with Crippen LogP contribution in [0.15, 0.2) is 66.1 Å². The summed E-state index contributed by atoms with van der Waals surface area (Å²) in [4.78, 5) is 1.04. The van der Waals surface area contributed by atoms with E-state index >= 15 is 0 Å². The van der Waals surface area contributed by atoms with Gasteiger partial charge in [0.25, 0.3) is 0 Å². The maximum Gasteiger partial charge on any atom is 0.115 e. The summed E-state index contributed by atoms with van der Waals surface area (Å²) < 4.78 is 3.28. The van der Waals surface area contributed by atoms with Gasteiger partial charge in [-0.2, -0.15) is 0 Å². The second-order valence-electron chi connectivity index (χ2n) is 3.93. The average Bonchev–Trinajstić information content (AvgIpc) is 2.42. The molecule has 0 aliphatic heterocycles. The summed E-state index contributed by atoms with van der Waals surface area (Å²) in [7, 11) is 5.87. The lowest BCUT2D eigenvalue weighted by Crippen LogP contribution is -2.12. The van der Waals surface area contributed by atoms with Crippen molar-refractivity contribution in [3.05, 3.63) is 66.7 Å². The van der Waals surface area contributed by atoms with E-state index in [0.717, 1.165) is 28.0 Å². The third-order valence-corrected chi connectivity index (χ3v) is 3.45. The lowest BCUT2D eigenvalue weighted by molar-refractivity contribution is 1.14. The summed E-state index contributed by atoms with van der Waals surface area (Å²) in [6.07, 6.45) is 0. The molecule has 18 heavy (non-hydrogen) atoms. The number of hydrogen-bond acceptors (Lipinski definition) is 2. The molecule has 0 spiro atoms. The van der Waals surface area contributed by atoms with E-state index in [1.54, 1.807) is 0 Å². The molecule has 0 fully saturated rings. The van der Waals surface area contributed by atoms with Crippen molar-refractivity contribution in [1.82, 2.24) is 4.72 Å². The molecule has 2 aromatic carbocycles. The molecule has 2 rings (SSSR count). The molecule has 0 aliphatic rings. The predicted octanol–water partition coefficient (Wildman–Crippen LogP) is 2.79. The zero-order valence-electron chi connectivity index (χ0n) is 10.1. The minimum absolute atomic E-state index is 0.725. The lowest BCUT2D eigenvalue weighted by atomic mass is 9.97. The van der Waals surface area contributed by atoms with Crippen LogP contribution in [0.1, 0.15) is 5.56 Å². The van der Waals surface area contributed by atoms with Crippen LogP contribution >= 0.6 is 11.9 Å². The third kappa shape index (κ3) is 3.52. The molecule has 3 heteroatoms. The molecule has 0 bridgehead atoms. The normalized spacial score (nSPS) is 10.2. The first-order valence-corrected chi connectivity index (χ1v) is 6.56. The van der Waals surface area contributed by atoms with E-state index in [9.17, 15) is 0 Å². The second-order valence-corrected chi connectivity index (χ2v) is 4.86. The third-order valence-electron chi connectivity index (χ3n) is 2.57. The Morgan fingerprint density at radius 3 is 2.44 bits per heavy atom. The smallest absolute Gasteiger partial charge is 0.115 e. The molecule has 0 aromatic heterocycles. The fourth-order valence-corrected chi connectivity index (χ4v) is 2.28. The van der Waals surface area contributed by atoms with Crippen molar-refractivity contribution in [3.8, 4) is 0 Å². The molecule has 88 valence electrons. The second kappa shape index (κ2) is 6.48. The molecule has 0 aliphatic carbocycles. The van der Waals surface area contributed by atoms with Crippen LogP contribution in [0.2, 0.25) is 0 Å². The minimum atomic E-state index is 0.725. The molecule has 1 nitrogen and oxygen atoms in total. The van der Waals surface area contributed by atoms with Crippen LogP contribution < -0.4 is 10.2 Å². The fourth-order valence-electron chi connectivity index (χ4n) is 1.55. The molecule has 0 unspecified atom stereocenters. The quantitative estimate of drug-likeness (QED) is 0.647. The highest BCUT2D eigenvalue weighted by atomic mass is 32.2. The number of nitrogens with one attached hydrogen (secondary N) is 1. The lowest BCUT2D eigenvalue weighted by Gasteiger charge is -2.09. The molecule has 0 heterocycles. The molecular weight excluding hydrogens is 237 g/mol.